The fourth-order valence-electron chi connectivity index (χ4n) is 3.12. The predicted molar refractivity (Wildman–Crippen MR) is 105 cm³/mol. The number of aromatic nitrogens is 2. The normalized spacial score (nSPS) is 18.1. The second-order valence-corrected chi connectivity index (χ2v) is 8.98. The Morgan fingerprint density at radius 1 is 1.52 bits per heavy atom. The number of H-pyrrole nitrogens is 1. The Balaban J connectivity index is 1.69. The van der Waals surface area contributed by atoms with Gasteiger partial charge >= 0.3 is 0 Å². The van der Waals surface area contributed by atoms with Crippen molar-refractivity contribution in [3.8, 4) is 0 Å². The number of thiophene rings is 1. The second kappa shape index (κ2) is 7.91. The average molecular weight is 380 g/mol. The van der Waals surface area contributed by atoms with Crippen LogP contribution in [0, 0.1) is 5.92 Å². The van der Waals surface area contributed by atoms with Crippen LogP contribution in [0.25, 0.3) is 10.2 Å². The van der Waals surface area contributed by atoms with Crippen LogP contribution in [0.1, 0.15) is 49.9 Å². The van der Waals surface area contributed by atoms with Gasteiger partial charge in [-0.2, -0.15) is 0 Å². The van der Waals surface area contributed by atoms with E-state index < -0.39 is 0 Å². The van der Waals surface area contributed by atoms with Crippen molar-refractivity contribution in [2.24, 2.45) is 5.92 Å². The number of aryl methyl sites for hydroxylation is 1. The van der Waals surface area contributed by atoms with Gasteiger partial charge in [-0.25, -0.2) is 4.98 Å². The lowest BCUT2D eigenvalue weighted by Crippen LogP contribution is -2.33. The van der Waals surface area contributed by atoms with E-state index in [0.717, 1.165) is 35.9 Å². The Kier molecular flexibility index (Phi) is 5.84. The van der Waals surface area contributed by atoms with E-state index in [-0.39, 0.29) is 17.5 Å². The van der Waals surface area contributed by atoms with E-state index in [0.29, 0.717) is 23.2 Å². The number of hydrogen-bond donors (Lipinski definition) is 2. The van der Waals surface area contributed by atoms with Crippen LogP contribution >= 0.6 is 23.1 Å². The molecule has 25 heavy (non-hydrogen) atoms. The van der Waals surface area contributed by atoms with Crippen molar-refractivity contribution in [3.05, 3.63) is 26.6 Å². The molecule has 2 aromatic heterocycles. The van der Waals surface area contributed by atoms with E-state index in [1.165, 1.54) is 22.2 Å². The molecule has 7 heteroatoms. The Bertz CT molecular complexity index is 828. The first-order valence-electron chi connectivity index (χ1n) is 8.88. The minimum absolute atomic E-state index is 0.0308. The molecule has 0 saturated heterocycles. The number of carbonyl (C=O) groups excluding carboxylic acids is 1. The summed E-state index contributed by atoms with van der Waals surface area (Å²) in [7, 11) is 0. The summed E-state index contributed by atoms with van der Waals surface area (Å²) in [6, 6.07) is 0.196. The highest BCUT2D eigenvalue weighted by molar-refractivity contribution is 7.99. The van der Waals surface area contributed by atoms with E-state index in [4.69, 9.17) is 0 Å². The van der Waals surface area contributed by atoms with Gasteiger partial charge in [-0.1, -0.05) is 13.8 Å². The van der Waals surface area contributed by atoms with Crippen LogP contribution in [-0.4, -0.2) is 27.7 Å². The first-order valence-corrected chi connectivity index (χ1v) is 10.9. The molecule has 0 fully saturated rings. The number of amides is 1. The number of thioether (sulfide) groups is 1. The summed E-state index contributed by atoms with van der Waals surface area (Å²) in [6.07, 6.45) is 4.09. The summed E-state index contributed by atoms with van der Waals surface area (Å²) >= 11 is 3.14. The molecule has 1 aliphatic rings. The first-order chi connectivity index (χ1) is 12.0. The molecule has 2 atom stereocenters. The quantitative estimate of drug-likeness (QED) is 0.808. The molecule has 0 aromatic carbocycles. The van der Waals surface area contributed by atoms with Gasteiger partial charge in [0.25, 0.3) is 5.56 Å². The van der Waals surface area contributed by atoms with Crippen molar-refractivity contribution in [3.63, 3.8) is 0 Å². The standard InChI is InChI=1S/C18H25N3O2S2/c1-4-11(3)19-15(22)9-24-8-14-20-17(23)16-12-6-5-10(2)7-13(12)25-18(16)21-14/h10-11H,4-9H2,1-3H3,(H,19,22)(H,20,21,23)/t10-,11+/m1/s1. The van der Waals surface area contributed by atoms with Crippen LogP contribution in [0.2, 0.25) is 0 Å². The predicted octanol–water partition coefficient (Wildman–Crippen LogP) is 3.26. The summed E-state index contributed by atoms with van der Waals surface area (Å²) in [5.41, 5.74) is 1.18. The number of nitrogens with one attached hydrogen (secondary N) is 2. The van der Waals surface area contributed by atoms with Gasteiger partial charge in [0, 0.05) is 10.9 Å². The molecule has 136 valence electrons. The Morgan fingerprint density at radius 2 is 2.32 bits per heavy atom. The Labute approximate surface area is 156 Å². The van der Waals surface area contributed by atoms with Crippen molar-refractivity contribution in [1.82, 2.24) is 15.3 Å². The third-order valence-corrected chi connectivity index (χ3v) is 6.80. The third kappa shape index (κ3) is 4.26. The lowest BCUT2D eigenvalue weighted by atomic mass is 9.89. The van der Waals surface area contributed by atoms with Crippen LogP contribution in [0.3, 0.4) is 0 Å². The molecule has 2 heterocycles. The van der Waals surface area contributed by atoms with Gasteiger partial charge in [0.1, 0.15) is 10.7 Å². The van der Waals surface area contributed by atoms with Crippen LogP contribution in [0.5, 0.6) is 0 Å². The zero-order chi connectivity index (χ0) is 18.0. The van der Waals surface area contributed by atoms with E-state index in [2.05, 4.69) is 22.2 Å². The van der Waals surface area contributed by atoms with Gasteiger partial charge in [0.05, 0.1) is 16.9 Å². The average Bonchev–Trinajstić information content (AvgIpc) is 2.92. The van der Waals surface area contributed by atoms with Crippen LogP contribution in [0.4, 0.5) is 0 Å². The first kappa shape index (κ1) is 18.5. The van der Waals surface area contributed by atoms with Crippen molar-refractivity contribution >= 4 is 39.2 Å². The zero-order valence-electron chi connectivity index (χ0n) is 15.0. The number of fused-ring (bicyclic) bond motifs is 3. The Hall–Kier alpha value is -1.34. The fourth-order valence-corrected chi connectivity index (χ4v) is 5.22. The highest BCUT2D eigenvalue weighted by Crippen LogP contribution is 2.35. The summed E-state index contributed by atoms with van der Waals surface area (Å²) in [5.74, 6) is 2.29. The highest BCUT2D eigenvalue weighted by Gasteiger charge is 2.23. The minimum atomic E-state index is -0.0308. The number of rotatable bonds is 6. The SMILES string of the molecule is CC[C@H](C)NC(=O)CSCc1nc2sc3c(c2c(=O)[nH]1)CC[C@@H](C)C3. The second-order valence-electron chi connectivity index (χ2n) is 6.91. The lowest BCUT2D eigenvalue weighted by Gasteiger charge is -2.17. The van der Waals surface area contributed by atoms with Crippen LogP contribution < -0.4 is 10.9 Å². The molecule has 2 aromatic rings. The lowest BCUT2D eigenvalue weighted by molar-refractivity contribution is -0.119. The summed E-state index contributed by atoms with van der Waals surface area (Å²) in [5, 5.41) is 3.73. The molecule has 0 radical (unpaired) electrons. The third-order valence-electron chi connectivity index (χ3n) is 4.71. The molecular formula is C18H25N3O2S2. The van der Waals surface area contributed by atoms with Gasteiger partial charge in [0.2, 0.25) is 5.91 Å². The fraction of sp³-hybridized carbons (Fsp3) is 0.611. The molecule has 0 spiro atoms. The molecule has 0 bridgehead atoms. The molecule has 0 aliphatic heterocycles. The van der Waals surface area contributed by atoms with Crippen LogP contribution in [-0.2, 0) is 23.4 Å². The number of carbonyl (C=O) groups is 1. The van der Waals surface area contributed by atoms with Crippen molar-refractivity contribution in [1.29, 1.82) is 0 Å². The van der Waals surface area contributed by atoms with Gasteiger partial charge in [0.15, 0.2) is 0 Å². The molecule has 0 saturated carbocycles. The maximum atomic E-state index is 12.5. The number of nitrogens with zero attached hydrogens (tertiary/aromatic N) is 1. The summed E-state index contributed by atoms with van der Waals surface area (Å²) in [4.78, 5) is 34.1. The minimum Gasteiger partial charge on any atom is -0.353 e. The van der Waals surface area contributed by atoms with Crippen molar-refractivity contribution in [2.75, 3.05) is 5.75 Å². The van der Waals surface area contributed by atoms with Gasteiger partial charge in [-0.05, 0) is 44.1 Å². The molecular weight excluding hydrogens is 354 g/mol. The molecule has 0 unspecified atom stereocenters. The Morgan fingerprint density at radius 3 is 3.08 bits per heavy atom. The maximum absolute atomic E-state index is 12.5. The molecule has 5 nitrogen and oxygen atoms in total. The van der Waals surface area contributed by atoms with Crippen LogP contribution in [0.15, 0.2) is 4.79 Å². The largest absolute Gasteiger partial charge is 0.353 e. The van der Waals surface area contributed by atoms with E-state index in [9.17, 15) is 9.59 Å². The van der Waals surface area contributed by atoms with Crippen molar-refractivity contribution in [2.45, 2.75) is 58.2 Å². The number of aromatic amines is 1. The maximum Gasteiger partial charge on any atom is 0.259 e. The van der Waals surface area contributed by atoms with E-state index >= 15 is 0 Å². The van der Waals surface area contributed by atoms with E-state index in [1.807, 2.05) is 13.8 Å². The number of hydrogen-bond acceptors (Lipinski definition) is 5. The highest BCUT2D eigenvalue weighted by atomic mass is 32.2. The van der Waals surface area contributed by atoms with E-state index in [1.54, 1.807) is 11.3 Å². The molecule has 3 rings (SSSR count). The van der Waals surface area contributed by atoms with Gasteiger partial charge in [-0.3, -0.25) is 9.59 Å². The molecule has 1 amide bonds. The monoisotopic (exact) mass is 379 g/mol. The summed E-state index contributed by atoms with van der Waals surface area (Å²) < 4.78 is 0. The molecule has 1 aliphatic carbocycles. The smallest absolute Gasteiger partial charge is 0.259 e. The van der Waals surface area contributed by atoms with Gasteiger partial charge in [-0.15, -0.1) is 23.1 Å². The molecule has 2 N–H and O–H groups in total. The van der Waals surface area contributed by atoms with Gasteiger partial charge < -0.3 is 10.3 Å². The van der Waals surface area contributed by atoms with Crippen molar-refractivity contribution < 1.29 is 4.79 Å². The zero-order valence-corrected chi connectivity index (χ0v) is 16.6. The topological polar surface area (TPSA) is 74.8 Å². The summed E-state index contributed by atoms with van der Waals surface area (Å²) in [6.45, 7) is 6.30.